The van der Waals surface area contributed by atoms with Gasteiger partial charge in [-0.3, -0.25) is 4.90 Å². The Morgan fingerprint density at radius 3 is 2.20 bits per heavy atom. The van der Waals surface area contributed by atoms with Gasteiger partial charge in [0.15, 0.2) is 0 Å². The molecule has 0 aromatic carbocycles. The first kappa shape index (κ1) is 41.2. The van der Waals surface area contributed by atoms with Gasteiger partial charge in [0.2, 0.25) is 11.8 Å². The maximum atomic E-state index is 13.6. The number of hydrogen-bond acceptors (Lipinski definition) is 12. The lowest BCUT2D eigenvalue weighted by Gasteiger charge is -2.43. The molecule has 16 heteroatoms. The van der Waals surface area contributed by atoms with Gasteiger partial charge in [-0.2, -0.15) is 22.8 Å². The summed E-state index contributed by atoms with van der Waals surface area (Å²) in [7, 11) is -4.61. The lowest BCUT2D eigenvalue weighted by atomic mass is 9.82. The normalized spacial score (nSPS) is 20.5. The molecule has 0 aliphatic carbocycles. The fourth-order valence-electron chi connectivity index (χ4n) is 7.33. The summed E-state index contributed by atoms with van der Waals surface area (Å²) in [6.07, 6.45) is 10.2. The molecule has 0 unspecified atom stereocenters. The van der Waals surface area contributed by atoms with Crippen LogP contribution in [0.1, 0.15) is 143 Å². The minimum Gasteiger partial charge on any atom is -0.444 e. The van der Waals surface area contributed by atoms with Gasteiger partial charge >= 0.3 is 22.5 Å². The van der Waals surface area contributed by atoms with E-state index in [0.717, 1.165) is 69.3 Å². The van der Waals surface area contributed by atoms with E-state index in [1.165, 1.54) is 0 Å². The van der Waals surface area contributed by atoms with Crippen LogP contribution in [0.3, 0.4) is 0 Å². The Bertz CT molecular complexity index is 1350. The maximum absolute atomic E-state index is 13.6. The van der Waals surface area contributed by atoms with Crippen LogP contribution in [0.15, 0.2) is 4.42 Å². The van der Waals surface area contributed by atoms with Crippen molar-refractivity contribution in [2.24, 2.45) is 0 Å². The molecule has 4 rings (SSSR count). The van der Waals surface area contributed by atoms with Crippen molar-refractivity contribution in [1.29, 1.82) is 0 Å². The SMILES string of the molecule is CCCCN(OS(=O)(=O)ON1C(=O)N2C[C@@H]1CC[C@H]2c1nnc(CCN2CCN(C(=O)OC(C)(C)C)CC2)o1)C(CCC)(CCCC)CCCC. The number of aromatic nitrogens is 2. The quantitative estimate of drug-likeness (QED) is 0.139. The number of ether oxygens (including phenoxy) is 1. The zero-order valence-electron chi connectivity index (χ0n) is 32.1. The number of urea groups is 1. The third kappa shape index (κ3) is 11.2. The summed E-state index contributed by atoms with van der Waals surface area (Å²) in [6, 6.07) is -1.49. The standard InChI is InChI=1S/C35H63N7O8S/c1-8-12-19-35(18-11-4,20-13-9-2)41(21-14-10-3)49-51(45,46)50-42-28-15-16-29(40(27-28)32(42)43)31-37-36-30(47-31)17-22-38-23-25-39(26-24-38)33(44)48-34(5,6)7/h28-29H,8-27H2,1-7H3/t28-,29-/m0/s1. The number of piperidine rings is 1. The second-order valence-corrected chi connectivity index (χ2v) is 16.4. The Labute approximate surface area is 305 Å². The number of piperazine rings is 1. The first-order valence-electron chi connectivity index (χ1n) is 19.3. The number of amides is 3. The Balaban J connectivity index is 1.36. The zero-order chi connectivity index (χ0) is 37.2. The smallest absolute Gasteiger partial charge is 0.437 e. The molecule has 0 spiro atoms. The van der Waals surface area contributed by atoms with Crippen LogP contribution in [0.25, 0.3) is 0 Å². The Kier molecular flexibility index (Phi) is 14.9. The van der Waals surface area contributed by atoms with Crippen molar-refractivity contribution >= 4 is 22.5 Å². The van der Waals surface area contributed by atoms with E-state index in [0.29, 0.717) is 70.3 Å². The van der Waals surface area contributed by atoms with Crippen molar-refractivity contribution in [3.05, 3.63) is 11.8 Å². The lowest BCUT2D eigenvalue weighted by Crippen LogP contribution is -2.51. The van der Waals surface area contributed by atoms with Crippen LogP contribution in [0.2, 0.25) is 0 Å². The number of rotatable bonds is 20. The van der Waals surface area contributed by atoms with Crippen LogP contribution in [-0.2, 0) is 30.1 Å². The van der Waals surface area contributed by atoms with Crippen LogP contribution < -0.4 is 0 Å². The fourth-order valence-corrected chi connectivity index (χ4v) is 8.19. The molecule has 3 amide bonds. The van der Waals surface area contributed by atoms with Crippen LogP contribution in [0.5, 0.6) is 0 Å². The molecule has 0 N–H and O–H groups in total. The summed E-state index contributed by atoms with van der Waals surface area (Å²) in [5, 5.41) is 11.2. The molecular weight excluding hydrogens is 678 g/mol. The highest BCUT2D eigenvalue weighted by atomic mass is 32.3. The predicted octanol–water partition coefficient (Wildman–Crippen LogP) is 6.24. The Morgan fingerprint density at radius 2 is 1.59 bits per heavy atom. The molecule has 0 saturated carbocycles. The van der Waals surface area contributed by atoms with E-state index in [2.05, 4.69) is 42.8 Å². The largest absolute Gasteiger partial charge is 0.444 e. The molecule has 3 aliphatic heterocycles. The number of fused-ring (bicyclic) bond motifs is 2. The van der Waals surface area contributed by atoms with Gasteiger partial charge in [-0.15, -0.1) is 14.5 Å². The number of hydroxylamine groups is 4. The van der Waals surface area contributed by atoms with Gasteiger partial charge in [-0.1, -0.05) is 66.2 Å². The van der Waals surface area contributed by atoms with Crippen molar-refractivity contribution < 1.29 is 35.7 Å². The van der Waals surface area contributed by atoms with Crippen LogP contribution in [0, 0.1) is 0 Å². The summed E-state index contributed by atoms with van der Waals surface area (Å²) < 4.78 is 50.1. The zero-order valence-corrected chi connectivity index (χ0v) is 32.9. The first-order valence-corrected chi connectivity index (χ1v) is 20.6. The highest BCUT2D eigenvalue weighted by Gasteiger charge is 2.50. The van der Waals surface area contributed by atoms with Gasteiger partial charge in [0.05, 0.1) is 6.04 Å². The Morgan fingerprint density at radius 1 is 0.922 bits per heavy atom. The first-order chi connectivity index (χ1) is 24.2. The Hall–Kier alpha value is -2.53. The molecule has 2 bridgehead atoms. The molecule has 4 heterocycles. The van der Waals surface area contributed by atoms with Gasteiger partial charge in [0, 0.05) is 57.8 Å². The third-order valence-corrected chi connectivity index (χ3v) is 10.8. The van der Waals surface area contributed by atoms with E-state index < -0.39 is 39.7 Å². The number of nitrogens with zero attached hydrogens (tertiary/aromatic N) is 7. The summed E-state index contributed by atoms with van der Waals surface area (Å²) in [5.41, 5.74) is -0.963. The molecule has 2 atom stereocenters. The van der Waals surface area contributed by atoms with Crippen LogP contribution >= 0.6 is 0 Å². The van der Waals surface area contributed by atoms with Crippen LogP contribution in [-0.4, -0.2) is 119 Å². The number of carbonyl (C=O) groups is 2. The average Bonchev–Trinajstić information content (AvgIpc) is 3.65. The minimum absolute atomic E-state index is 0.283. The lowest BCUT2D eigenvalue weighted by molar-refractivity contribution is -0.172. The fraction of sp³-hybridized carbons (Fsp3) is 0.886. The highest BCUT2D eigenvalue weighted by Crippen LogP contribution is 2.39. The van der Waals surface area contributed by atoms with Crippen molar-refractivity contribution in [2.45, 2.75) is 155 Å². The van der Waals surface area contributed by atoms with Gasteiger partial charge in [-0.25, -0.2) is 9.59 Å². The van der Waals surface area contributed by atoms with Crippen molar-refractivity contribution in [3.8, 4) is 0 Å². The molecule has 3 fully saturated rings. The second-order valence-electron chi connectivity index (χ2n) is 15.3. The van der Waals surface area contributed by atoms with Crippen molar-refractivity contribution in [3.63, 3.8) is 0 Å². The van der Waals surface area contributed by atoms with Crippen LogP contribution in [0.4, 0.5) is 9.59 Å². The number of unbranched alkanes of at least 4 members (excludes halogenated alkanes) is 3. The second kappa shape index (κ2) is 18.5. The van der Waals surface area contributed by atoms with E-state index in [4.69, 9.17) is 17.7 Å². The topological polar surface area (TPSA) is 151 Å². The van der Waals surface area contributed by atoms with Gasteiger partial charge in [0.25, 0.3) is 0 Å². The minimum atomic E-state index is -4.61. The van der Waals surface area contributed by atoms with E-state index in [1.54, 1.807) is 14.9 Å². The summed E-state index contributed by atoms with van der Waals surface area (Å²) in [4.78, 5) is 31.5. The maximum Gasteiger partial charge on any atom is 0.437 e. The summed E-state index contributed by atoms with van der Waals surface area (Å²) >= 11 is 0. The van der Waals surface area contributed by atoms with E-state index in [1.807, 2.05) is 20.8 Å². The third-order valence-electron chi connectivity index (χ3n) is 10.1. The molecule has 292 valence electrons. The van der Waals surface area contributed by atoms with E-state index >= 15 is 0 Å². The number of carbonyl (C=O) groups excluding carboxylic acids is 2. The summed E-state index contributed by atoms with van der Waals surface area (Å²) in [6.45, 7) is 18.1. The highest BCUT2D eigenvalue weighted by molar-refractivity contribution is 7.81. The molecule has 1 aromatic rings. The average molecular weight is 742 g/mol. The molecule has 3 aliphatic rings. The molecule has 0 radical (unpaired) electrons. The summed E-state index contributed by atoms with van der Waals surface area (Å²) in [5.74, 6) is 0.792. The van der Waals surface area contributed by atoms with E-state index in [9.17, 15) is 18.0 Å². The number of hydrogen-bond donors (Lipinski definition) is 0. The predicted molar refractivity (Wildman–Crippen MR) is 191 cm³/mol. The van der Waals surface area contributed by atoms with Gasteiger partial charge < -0.3 is 19.0 Å². The molecule has 15 nitrogen and oxygen atoms in total. The van der Waals surface area contributed by atoms with E-state index in [-0.39, 0.29) is 12.6 Å². The van der Waals surface area contributed by atoms with Crippen molar-refractivity contribution in [1.82, 2.24) is 35.0 Å². The monoisotopic (exact) mass is 741 g/mol. The van der Waals surface area contributed by atoms with Crippen molar-refractivity contribution in [2.75, 3.05) is 45.8 Å². The molecule has 51 heavy (non-hydrogen) atoms. The van der Waals surface area contributed by atoms with Gasteiger partial charge in [-0.05, 0) is 59.3 Å². The van der Waals surface area contributed by atoms with Gasteiger partial charge in [0.1, 0.15) is 11.6 Å². The molecule has 1 aromatic heterocycles. The molecule has 3 saturated heterocycles. The molecular formula is C35H63N7O8S.